The summed E-state index contributed by atoms with van der Waals surface area (Å²) in [5, 5.41) is 0. The van der Waals surface area contributed by atoms with E-state index in [1.54, 1.807) is 13.1 Å². The van der Waals surface area contributed by atoms with Crippen LogP contribution in [0.25, 0.3) is 0 Å². The van der Waals surface area contributed by atoms with Crippen LogP contribution in [0.4, 0.5) is 0 Å². The van der Waals surface area contributed by atoms with Gasteiger partial charge in [-0.05, 0) is 40.2 Å². The van der Waals surface area contributed by atoms with Crippen molar-refractivity contribution in [1.82, 2.24) is 9.55 Å². The summed E-state index contributed by atoms with van der Waals surface area (Å²) in [6.07, 6.45) is 0.526. The van der Waals surface area contributed by atoms with Gasteiger partial charge in [0.05, 0.1) is 16.6 Å². The minimum Gasteiger partial charge on any atom is -0.413 e. The normalized spacial score (nSPS) is 23.3. The zero-order valence-corrected chi connectivity index (χ0v) is 30.1. The van der Waals surface area contributed by atoms with Gasteiger partial charge in [-0.25, -0.2) is 4.79 Å². The lowest BCUT2D eigenvalue weighted by Crippen LogP contribution is -2.55. The van der Waals surface area contributed by atoms with Crippen molar-refractivity contribution in [2.45, 2.75) is 146 Å². The first-order valence-electron chi connectivity index (χ1n) is 14.4. The van der Waals surface area contributed by atoms with E-state index in [4.69, 9.17) is 13.6 Å². The number of aromatic amines is 1. The number of alkyl halides is 1. The lowest BCUT2D eigenvalue weighted by molar-refractivity contribution is -0.0419. The van der Waals surface area contributed by atoms with Gasteiger partial charge in [-0.1, -0.05) is 106 Å². The number of hydrogen-bond acceptors (Lipinski definition) is 5. The minimum absolute atomic E-state index is 0.124. The third-order valence-electron chi connectivity index (χ3n) is 8.94. The zero-order chi connectivity index (χ0) is 29.3. The fourth-order valence-electron chi connectivity index (χ4n) is 7.34. The Labute approximate surface area is 246 Å². The molecule has 1 saturated heterocycles. The topological polar surface area (TPSA) is 82.6 Å². The standard InChI is InChI=1S/C28H53IN2O5Si2/c1-16(2)37(17(3)4,18(5)6)34-15-23-25(36-38(19(7)8,20(9)10)21(11)12)24(29)27(35-23)31-14-22(13)26(32)30-28(31)33/h14,16-21,23-25,27H,15H2,1-13H3,(H,30,32,33)/t23-,24-,25-,27+/m1/s1. The second kappa shape index (κ2) is 13.1. The largest absolute Gasteiger partial charge is 0.413 e. The van der Waals surface area contributed by atoms with Crippen molar-refractivity contribution in [1.29, 1.82) is 0 Å². The van der Waals surface area contributed by atoms with Crippen molar-refractivity contribution in [2.24, 2.45) is 0 Å². The van der Waals surface area contributed by atoms with E-state index in [1.807, 2.05) is 0 Å². The minimum atomic E-state index is -2.25. The Kier molecular flexibility index (Phi) is 11.7. The number of rotatable bonds is 12. The van der Waals surface area contributed by atoms with Crippen LogP contribution in [-0.2, 0) is 13.6 Å². The number of halogens is 1. The number of H-pyrrole nitrogens is 1. The molecule has 4 atom stereocenters. The Hall–Kier alpha value is -0.276. The maximum atomic E-state index is 12.9. The molecule has 0 radical (unpaired) electrons. The number of nitrogens with zero attached hydrogens (tertiary/aromatic N) is 1. The van der Waals surface area contributed by atoms with E-state index in [-0.39, 0.29) is 21.7 Å². The van der Waals surface area contributed by atoms with Crippen LogP contribution in [0.5, 0.6) is 0 Å². The maximum Gasteiger partial charge on any atom is 0.330 e. The monoisotopic (exact) mass is 680 g/mol. The van der Waals surface area contributed by atoms with Crippen LogP contribution in [0.15, 0.2) is 15.8 Å². The molecule has 1 N–H and O–H groups in total. The van der Waals surface area contributed by atoms with Crippen molar-refractivity contribution >= 4 is 39.2 Å². The molecule has 1 aromatic rings. The Balaban J connectivity index is 2.59. The quantitative estimate of drug-likeness (QED) is 0.142. The summed E-state index contributed by atoms with van der Waals surface area (Å²) in [5.74, 6) is 0. The van der Waals surface area contributed by atoms with Crippen LogP contribution in [0.1, 0.15) is 94.9 Å². The Bertz CT molecular complexity index is 993. The van der Waals surface area contributed by atoms with Gasteiger partial charge in [-0.15, -0.1) is 0 Å². The molecule has 0 spiro atoms. The molecule has 1 fully saturated rings. The molecule has 220 valence electrons. The van der Waals surface area contributed by atoms with Gasteiger partial charge in [0.1, 0.15) is 6.10 Å². The van der Waals surface area contributed by atoms with E-state index in [2.05, 4.69) is 111 Å². The highest BCUT2D eigenvalue weighted by molar-refractivity contribution is 14.1. The fraction of sp³-hybridized carbons (Fsp3) is 0.857. The third kappa shape index (κ3) is 6.29. The van der Waals surface area contributed by atoms with Crippen molar-refractivity contribution in [3.63, 3.8) is 0 Å². The van der Waals surface area contributed by atoms with Crippen LogP contribution in [-0.4, -0.2) is 48.9 Å². The van der Waals surface area contributed by atoms with Crippen LogP contribution < -0.4 is 11.2 Å². The molecule has 0 aromatic carbocycles. The zero-order valence-electron chi connectivity index (χ0n) is 25.9. The van der Waals surface area contributed by atoms with Crippen molar-refractivity contribution in [3.05, 3.63) is 32.6 Å². The smallest absolute Gasteiger partial charge is 0.330 e. The molecule has 38 heavy (non-hydrogen) atoms. The SMILES string of the molecule is Cc1cn([C@H]2O[C@H](CO[Si](C(C)C)(C(C)C)C(C)C)[C@@H](O[Si](C(C)C)(C(C)C)C(C)C)[C@H]2I)c(=O)[nH]c1=O. The molecule has 2 heterocycles. The second-order valence-corrected chi connectivity index (χ2v) is 25.3. The third-order valence-corrected chi connectivity index (χ3v) is 22.4. The first-order chi connectivity index (χ1) is 17.4. The summed E-state index contributed by atoms with van der Waals surface area (Å²) < 4.78 is 22.5. The molecule has 0 unspecified atom stereocenters. The van der Waals surface area contributed by atoms with E-state index < -0.39 is 28.6 Å². The van der Waals surface area contributed by atoms with Gasteiger partial charge in [0.2, 0.25) is 8.32 Å². The Morgan fingerprint density at radius 3 is 1.74 bits per heavy atom. The summed E-state index contributed by atoms with van der Waals surface area (Å²) in [6, 6.07) is 0. The molecule has 1 aromatic heterocycles. The van der Waals surface area contributed by atoms with Crippen LogP contribution >= 0.6 is 22.6 Å². The number of hydrogen-bond donors (Lipinski definition) is 1. The van der Waals surface area contributed by atoms with Gasteiger partial charge >= 0.3 is 5.69 Å². The highest BCUT2D eigenvalue weighted by Crippen LogP contribution is 2.48. The molecule has 1 aliphatic rings. The van der Waals surface area contributed by atoms with Gasteiger partial charge in [0.15, 0.2) is 14.5 Å². The molecule has 1 aliphatic heterocycles. The molecule has 0 bridgehead atoms. The van der Waals surface area contributed by atoms with E-state index in [0.29, 0.717) is 45.4 Å². The summed E-state index contributed by atoms with van der Waals surface area (Å²) in [7, 11) is -4.40. The fourth-order valence-corrected chi connectivity index (χ4v) is 19.8. The van der Waals surface area contributed by atoms with E-state index in [0.717, 1.165) is 0 Å². The van der Waals surface area contributed by atoms with Gasteiger partial charge < -0.3 is 13.6 Å². The highest BCUT2D eigenvalue weighted by atomic mass is 127. The first-order valence-corrected chi connectivity index (χ1v) is 19.9. The first kappa shape index (κ1) is 33.9. The van der Waals surface area contributed by atoms with E-state index in [1.165, 1.54) is 4.57 Å². The van der Waals surface area contributed by atoms with Gasteiger partial charge in [-0.2, -0.15) is 0 Å². The summed E-state index contributed by atoms with van der Waals surface area (Å²) in [5.41, 5.74) is 2.27. The molecule has 10 heteroatoms. The maximum absolute atomic E-state index is 12.9. The molecule has 7 nitrogen and oxygen atoms in total. The van der Waals surface area contributed by atoms with Crippen LogP contribution in [0, 0.1) is 6.92 Å². The molecular weight excluding hydrogens is 627 g/mol. The van der Waals surface area contributed by atoms with E-state index >= 15 is 0 Å². The predicted octanol–water partition coefficient (Wildman–Crippen LogP) is 7.30. The Morgan fingerprint density at radius 1 is 0.868 bits per heavy atom. The number of ether oxygens (including phenoxy) is 1. The van der Waals surface area contributed by atoms with Gasteiger partial charge in [-0.3, -0.25) is 14.3 Å². The number of aromatic nitrogens is 2. The average Bonchev–Trinajstić information content (AvgIpc) is 3.08. The molecule has 0 aliphatic carbocycles. The van der Waals surface area contributed by atoms with Gasteiger partial charge in [0, 0.05) is 11.8 Å². The molecular formula is C28H53IN2O5Si2. The molecule has 0 amide bonds. The number of nitrogens with one attached hydrogen (secondary N) is 1. The van der Waals surface area contributed by atoms with Crippen molar-refractivity contribution in [3.8, 4) is 0 Å². The van der Waals surface area contributed by atoms with Crippen LogP contribution in [0.2, 0.25) is 33.2 Å². The predicted molar refractivity (Wildman–Crippen MR) is 171 cm³/mol. The summed E-state index contributed by atoms with van der Waals surface area (Å²) in [6.45, 7) is 29.6. The Morgan fingerprint density at radius 2 is 1.32 bits per heavy atom. The molecule has 2 rings (SSSR count). The summed E-state index contributed by atoms with van der Waals surface area (Å²) >= 11 is 2.40. The van der Waals surface area contributed by atoms with E-state index in [9.17, 15) is 9.59 Å². The van der Waals surface area contributed by atoms with Crippen molar-refractivity contribution < 1.29 is 13.6 Å². The average molecular weight is 681 g/mol. The lowest BCUT2D eigenvalue weighted by atomic mass is 10.2. The van der Waals surface area contributed by atoms with Crippen LogP contribution in [0.3, 0.4) is 0 Å². The second-order valence-electron chi connectivity index (χ2n) is 13.0. The highest BCUT2D eigenvalue weighted by Gasteiger charge is 2.54. The summed E-state index contributed by atoms with van der Waals surface area (Å²) in [4.78, 5) is 27.4. The van der Waals surface area contributed by atoms with Crippen molar-refractivity contribution in [2.75, 3.05) is 6.61 Å². The number of aryl methyl sites for hydroxylation is 1. The van der Waals surface area contributed by atoms with Gasteiger partial charge in [0.25, 0.3) is 5.56 Å². The molecule has 0 saturated carbocycles. The lowest BCUT2D eigenvalue weighted by Gasteiger charge is -2.46.